The van der Waals surface area contributed by atoms with Crippen molar-refractivity contribution in [1.29, 1.82) is 0 Å². The van der Waals surface area contributed by atoms with Crippen molar-refractivity contribution in [2.45, 2.75) is 12.8 Å². The van der Waals surface area contributed by atoms with Gasteiger partial charge in [0.25, 0.3) is 0 Å². The van der Waals surface area contributed by atoms with Crippen LogP contribution in [-0.4, -0.2) is 31.8 Å². The lowest BCUT2D eigenvalue weighted by atomic mass is 10.1. The Morgan fingerprint density at radius 2 is 2.07 bits per heavy atom. The minimum atomic E-state index is 0.787. The number of pyridine rings is 1. The maximum atomic E-state index is 4.94. The van der Waals surface area contributed by atoms with Crippen molar-refractivity contribution in [3.63, 3.8) is 0 Å². The van der Waals surface area contributed by atoms with Gasteiger partial charge in [-0.05, 0) is 37.1 Å². The molecule has 0 unspecified atom stereocenters. The molecule has 1 aromatic heterocycles. The van der Waals surface area contributed by atoms with Crippen molar-refractivity contribution in [3.05, 3.63) is 30.1 Å². The summed E-state index contributed by atoms with van der Waals surface area (Å²) in [5.74, 6) is 0. The molecule has 3 heteroatoms. The zero-order valence-corrected chi connectivity index (χ0v) is 8.70. The van der Waals surface area contributed by atoms with Crippen LogP contribution in [0.1, 0.15) is 12.0 Å². The number of aryl methyl sites for hydroxylation is 1. The van der Waals surface area contributed by atoms with E-state index in [2.05, 4.69) is 22.4 Å². The van der Waals surface area contributed by atoms with Crippen molar-refractivity contribution in [3.8, 4) is 0 Å². The smallest absolute Gasteiger partial charge is 0.0587 e. The second-order valence-electron chi connectivity index (χ2n) is 3.20. The van der Waals surface area contributed by atoms with E-state index in [1.165, 1.54) is 5.56 Å². The predicted molar refractivity (Wildman–Crippen MR) is 57.3 cm³/mol. The van der Waals surface area contributed by atoms with E-state index in [-0.39, 0.29) is 0 Å². The molecular weight excluding hydrogens is 176 g/mol. The first-order valence-corrected chi connectivity index (χ1v) is 5.02. The number of ether oxygens (including phenoxy) is 1. The zero-order valence-electron chi connectivity index (χ0n) is 8.70. The standard InChI is InChI=1S/C11H18N2O/c1-14-10-9-12-6-2-3-11-4-7-13-8-5-11/h4-5,7-8,12H,2-3,6,9-10H2,1H3. The first-order chi connectivity index (χ1) is 6.93. The van der Waals surface area contributed by atoms with E-state index in [1.54, 1.807) is 7.11 Å². The third kappa shape index (κ3) is 4.94. The SMILES string of the molecule is COCCNCCCc1ccncc1. The van der Waals surface area contributed by atoms with E-state index in [9.17, 15) is 0 Å². The van der Waals surface area contributed by atoms with Crippen LogP contribution >= 0.6 is 0 Å². The van der Waals surface area contributed by atoms with Crippen LogP contribution in [0.4, 0.5) is 0 Å². The Labute approximate surface area is 85.5 Å². The average molecular weight is 194 g/mol. The van der Waals surface area contributed by atoms with Gasteiger partial charge in [0.1, 0.15) is 0 Å². The Hall–Kier alpha value is -0.930. The number of aromatic nitrogens is 1. The van der Waals surface area contributed by atoms with Gasteiger partial charge in [-0.3, -0.25) is 4.98 Å². The van der Waals surface area contributed by atoms with E-state index >= 15 is 0 Å². The summed E-state index contributed by atoms with van der Waals surface area (Å²) >= 11 is 0. The van der Waals surface area contributed by atoms with Crippen LogP contribution in [0, 0.1) is 0 Å². The highest BCUT2D eigenvalue weighted by molar-refractivity contribution is 5.09. The minimum Gasteiger partial charge on any atom is -0.383 e. The van der Waals surface area contributed by atoms with Crippen LogP contribution in [0.5, 0.6) is 0 Å². The molecule has 0 radical (unpaired) electrons. The lowest BCUT2D eigenvalue weighted by molar-refractivity contribution is 0.199. The minimum absolute atomic E-state index is 0.787. The van der Waals surface area contributed by atoms with Crippen LogP contribution in [0.2, 0.25) is 0 Å². The summed E-state index contributed by atoms with van der Waals surface area (Å²) in [5, 5.41) is 3.32. The maximum absolute atomic E-state index is 4.94. The normalized spacial score (nSPS) is 10.4. The predicted octanol–water partition coefficient (Wildman–Crippen LogP) is 1.25. The molecule has 0 spiro atoms. The summed E-state index contributed by atoms with van der Waals surface area (Å²) in [6.45, 7) is 2.77. The summed E-state index contributed by atoms with van der Waals surface area (Å²) in [5.41, 5.74) is 1.36. The second kappa shape index (κ2) is 7.47. The Kier molecular flexibility index (Phi) is 5.95. The largest absolute Gasteiger partial charge is 0.383 e. The monoisotopic (exact) mass is 194 g/mol. The van der Waals surface area contributed by atoms with Gasteiger partial charge in [0.15, 0.2) is 0 Å². The molecule has 0 aliphatic rings. The van der Waals surface area contributed by atoms with Gasteiger partial charge in [-0.1, -0.05) is 0 Å². The molecule has 0 aromatic carbocycles. The van der Waals surface area contributed by atoms with Gasteiger partial charge >= 0.3 is 0 Å². The van der Waals surface area contributed by atoms with Crippen LogP contribution in [0.15, 0.2) is 24.5 Å². The molecular formula is C11H18N2O. The highest BCUT2D eigenvalue weighted by atomic mass is 16.5. The van der Waals surface area contributed by atoms with E-state index in [0.29, 0.717) is 0 Å². The fraction of sp³-hybridized carbons (Fsp3) is 0.545. The molecule has 0 amide bonds. The Balaban J connectivity index is 1.99. The maximum Gasteiger partial charge on any atom is 0.0587 e. The fourth-order valence-electron chi connectivity index (χ4n) is 1.27. The number of nitrogens with zero attached hydrogens (tertiary/aromatic N) is 1. The van der Waals surface area contributed by atoms with Crippen LogP contribution < -0.4 is 5.32 Å². The molecule has 0 saturated carbocycles. The van der Waals surface area contributed by atoms with E-state index in [1.807, 2.05) is 12.4 Å². The summed E-state index contributed by atoms with van der Waals surface area (Å²) in [4.78, 5) is 3.98. The summed E-state index contributed by atoms with van der Waals surface area (Å²) in [6, 6.07) is 4.13. The number of rotatable bonds is 7. The number of nitrogens with one attached hydrogen (secondary N) is 1. The molecule has 1 N–H and O–H groups in total. The number of methoxy groups -OCH3 is 1. The van der Waals surface area contributed by atoms with Gasteiger partial charge in [0, 0.05) is 26.0 Å². The molecule has 0 bridgehead atoms. The van der Waals surface area contributed by atoms with E-state index in [4.69, 9.17) is 4.74 Å². The average Bonchev–Trinajstić information content (AvgIpc) is 2.25. The quantitative estimate of drug-likeness (QED) is 0.663. The van der Waals surface area contributed by atoms with E-state index < -0.39 is 0 Å². The molecule has 3 nitrogen and oxygen atoms in total. The molecule has 78 valence electrons. The topological polar surface area (TPSA) is 34.1 Å². The first-order valence-electron chi connectivity index (χ1n) is 5.02. The third-order valence-electron chi connectivity index (χ3n) is 2.05. The van der Waals surface area contributed by atoms with Gasteiger partial charge in [-0.15, -0.1) is 0 Å². The van der Waals surface area contributed by atoms with Crippen molar-refractivity contribution in [1.82, 2.24) is 10.3 Å². The Morgan fingerprint density at radius 3 is 2.79 bits per heavy atom. The van der Waals surface area contributed by atoms with Gasteiger partial charge in [-0.25, -0.2) is 0 Å². The molecule has 0 fully saturated rings. The van der Waals surface area contributed by atoms with Crippen molar-refractivity contribution in [2.75, 3.05) is 26.8 Å². The van der Waals surface area contributed by atoms with Crippen molar-refractivity contribution >= 4 is 0 Å². The van der Waals surface area contributed by atoms with Gasteiger partial charge in [0.2, 0.25) is 0 Å². The molecule has 0 saturated heterocycles. The van der Waals surface area contributed by atoms with Crippen LogP contribution in [-0.2, 0) is 11.2 Å². The molecule has 1 heterocycles. The lowest BCUT2D eigenvalue weighted by Gasteiger charge is -2.03. The van der Waals surface area contributed by atoms with Crippen LogP contribution in [0.3, 0.4) is 0 Å². The molecule has 0 aliphatic heterocycles. The van der Waals surface area contributed by atoms with Crippen molar-refractivity contribution < 1.29 is 4.74 Å². The van der Waals surface area contributed by atoms with Crippen molar-refractivity contribution in [2.24, 2.45) is 0 Å². The summed E-state index contributed by atoms with van der Waals surface area (Å²) in [7, 11) is 1.72. The number of hydrogen-bond acceptors (Lipinski definition) is 3. The van der Waals surface area contributed by atoms with Gasteiger partial charge in [0.05, 0.1) is 6.61 Å². The molecule has 1 rings (SSSR count). The second-order valence-corrected chi connectivity index (χ2v) is 3.20. The highest BCUT2D eigenvalue weighted by Crippen LogP contribution is 1.99. The summed E-state index contributed by atoms with van der Waals surface area (Å²) < 4.78 is 4.94. The van der Waals surface area contributed by atoms with Gasteiger partial charge in [-0.2, -0.15) is 0 Å². The molecule has 0 atom stereocenters. The Morgan fingerprint density at radius 1 is 1.29 bits per heavy atom. The zero-order chi connectivity index (χ0) is 10.1. The molecule has 0 aliphatic carbocycles. The van der Waals surface area contributed by atoms with Gasteiger partial charge < -0.3 is 10.1 Å². The van der Waals surface area contributed by atoms with Crippen LogP contribution in [0.25, 0.3) is 0 Å². The highest BCUT2D eigenvalue weighted by Gasteiger charge is 1.91. The fourth-order valence-corrected chi connectivity index (χ4v) is 1.27. The number of hydrogen-bond donors (Lipinski definition) is 1. The Bertz CT molecular complexity index is 226. The molecule has 1 aromatic rings. The lowest BCUT2D eigenvalue weighted by Crippen LogP contribution is -2.20. The first kappa shape index (κ1) is 11.1. The summed E-state index contributed by atoms with van der Waals surface area (Å²) in [6.07, 6.45) is 5.96. The third-order valence-corrected chi connectivity index (χ3v) is 2.05. The molecule has 14 heavy (non-hydrogen) atoms. The van der Waals surface area contributed by atoms with E-state index in [0.717, 1.165) is 32.5 Å².